The van der Waals surface area contributed by atoms with Crippen LogP contribution < -0.4 is 8.85 Å². The summed E-state index contributed by atoms with van der Waals surface area (Å²) in [5.41, 5.74) is 5.65. The van der Waals surface area contributed by atoms with Gasteiger partial charge in [-0.25, -0.2) is 0 Å². The minimum atomic E-state index is -2.16. The van der Waals surface area contributed by atoms with Gasteiger partial charge in [0.15, 0.2) is 0 Å². The van der Waals surface area contributed by atoms with Crippen LogP contribution in [0.1, 0.15) is 91.5 Å². The first-order chi connectivity index (χ1) is 19.5. The standard InChI is InChI=1S/C36H55BrO4Si2/c1-24(2)15-19-28-27(29(20-16-25(3)4)34(39)32(37)33(28)38)21-17-26-18-22-30(40-42(11,12)35(5,6)7)31(23-26)41-43(13,14)36(8,9)10/h15-18,21-23,38-39H,19-20H2,1-14H3/b21-17+. The predicted octanol–water partition coefficient (Wildman–Crippen LogP) is 11.8. The van der Waals surface area contributed by atoms with Gasteiger partial charge in [0.2, 0.25) is 0 Å². The van der Waals surface area contributed by atoms with Crippen LogP contribution in [0.5, 0.6) is 23.0 Å². The number of phenolic OH excluding ortho intramolecular Hbond substituents is 2. The number of hydrogen-bond acceptors (Lipinski definition) is 4. The number of aromatic hydroxyl groups is 2. The van der Waals surface area contributed by atoms with E-state index in [9.17, 15) is 10.2 Å². The molecule has 238 valence electrons. The van der Waals surface area contributed by atoms with Crippen LogP contribution in [0, 0.1) is 0 Å². The minimum absolute atomic E-state index is 0.0270. The molecule has 0 unspecified atom stereocenters. The first-order valence-corrected chi connectivity index (χ1v) is 21.8. The SMILES string of the molecule is CC(C)=CCc1c(O)c(Br)c(O)c(CC=C(C)C)c1/C=C/c1ccc(O[Si](C)(C)C(C)(C)C)c(O[Si](C)(C)C(C)(C)C)c1. The maximum atomic E-state index is 11.1. The van der Waals surface area contributed by atoms with Crippen LogP contribution in [0.15, 0.2) is 46.0 Å². The van der Waals surface area contributed by atoms with Crippen molar-refractivity contribution in [1.29, 1.82) is 0 Å². The van der Waals surface area contributed by atoms with Gasteiger partial charge in [0.05, 0.1) is 0 Å². The highest BCUT2D eigenvalue weighted by Crippen LogP contribution is 2.45. The van der Waals surface area contributed by atoms with Crippen LogP contribution in [-0.2, 0) is 12.8 Å². The minimum Gasteiger partial charge on any atom is -0.541 e. The first kappa shape index (κ1) is 37.0. The zero-order valence-corrected chi connectivity index (χ0v) is 32.6. The van der Waals surface area contributed by atoms with Crippen molar-refractivity contribution in [1.82, 2.24) is 0 Å². The molecule has 0 heterocycles. The molecule has 0 amide bonds. The van der Waals surface area contributed by atoms with Crippen molar-refractivity contribution in [2.24, 2.45) is 0 Å². The Morgan fingerprint density at radius 3 is 1.53 bits per heavy atom. The molecule has 0 atom stereocenters. The molecular weight excluding hydrogens is 632 g/mol. The fourth-order valence-electron chi connectivity index (χ4n) is 3.87. The van der Waals surface area contributed by atoms with E-state index in [1.807, 2.05) is 45.9 Å². The fraction of sp³-hybridized carbons (Fsp3) is 0.500. The molecule has 7 heteroatoms. The van der Waals surface area contributed by atoms with Gasteiger partial charge in [-0.05, 0) is 116 Å². The molecule has 0 radical (unpaired) electrons. The molecule has 43 heavy (non-hydrogen) atoms. The molecule has 0 aromatic heterocycles. The van der Waals surface area contributed by atoms with E-state index in [1.165, 1.54) is 0 Å². The zero-order chi connectivity index (χ0) is 33.1. The molecule has 2 aromatic rings. The number of hydrogen-bond donors (Lipinski definition) is 2. The van der Waals surface area contributed by atoms with Gasteiger partial charge in [-0.2, -0.15) is 0 Å². The van der Waals surface area contributed by atoms with Crippen molar-refractivity contribution in [2.45, 2.75) is 118 Å². The van der Waals surface area contributed by atoms with Crippen molar-refractivity contribution in [3.63, 3.8) is 0 Å². The van der Waals surface area contributed by atoms with E-state index in [0.29, 0.717) is 17.3 Å². The summed E-state index contributed by atoms with van der Waals surface area (Å²) in [6.45, 7) is 30.7. The summed E-state index contributed by atoms with van der Waals surface area (Å²) < 4.78 is 14.0. The number of benzene rings is 2. The topological polar surface area (TPSA) is 58.9 Å². The van der Waals surface area contributed by atoms with E-state index in [-0.39, 0.29) is 21.6 Å². The Hall–Kier alpha value is -2.23. The van der Waals surface area contributed by atoms with Crippen molar-refractivity contribution < 1.29 is 19.1 Å². The largest absolute Gasteiger partial charge is 0.541 e. The Labute approximate surface area is 272 Å². The highest BCUT2D eigenvalue weighted by molar-refractivity contribution is 9.10. The summed E-state index contributed by atoms with van der Waals surface area (Å²) in [5, 5.41) is 22.3. The number of halogens is 1. The van der Waals surface area contributed by atoms with E-state index in [2.05, 4.69) is 108 Å². The predicted molar refractivity (Wildman–Crippen MR) is 195 cm³/mol. The Morgan fingerprint density at radius 1 is 0.721 bits per heavy atom. The van der Waals surface area contributed by atoms with Gasteiger partial charge >= 0.3 is 0 Å². The van der Waals surface area contributed by atoms with Crippen molar-refractivity contribution >= 4 is 44.7 Å². The van der Waals surface area contributed by atoms with Crippen molar-refractivity contribution in [2.75, 3.05) is 0 Å². The smallest absolute Gasteiger partial charge is 0.250 e. The maximum absolute atomic E-state index is 11.1. The fourth-order valence-corrected chi connectivity index (χ4v) is 6.39. The second kappa shape index (κ2) is 13.8. The second-order valence-corrected chi connectivity index (χ2v) is 25.4. The van der Waals surface area contributed by atoms with Gasteiger partial charge in [0.25, 0.3) is 16.6 Å². The third kappa shape index (κ3) is 9.38. The lowest BCUT2D eigenvalue weighted by Gasteiger charge is -2.39. The normalized spacial score (nSPS) is 12.8. The first-order valence-electron chi connectivity index (χ1n) is 15.2. The molecule has 2 N–H and O–H groups in total. The Morgan fingerprint density at radius 2 is 1.14 bits per heavy atom. The monoisotopic (exact) mass is 686 g/mol. The summed E-state index contributed by atoms with van der Waals surface area (Å²) in [7, 11) is -4.27. The van der Waals surface area contributed by atoms with Crippen molar-refractivity contribution in [3.8, 4) is 23.0 Å². The summed E-state index contributed by atoms with van der Waals surface area (Å²) >= 11 is 3.44. The lowest BCUT2D eigenvalue weighted by Crippen LogP contribution is -2.45. The summed E-state index contributed by atoms with van der Waals surface area (Å²) in [6.07, 6.45) is 9.33. The maximum Gasteiger partial charge on any atom is 0.250 e. The molecular formula is C36H55BrO4Si2. The number of phenols is 2. The molecule has 0 spiro atoms. The molecule has 0 aliphatic carbocycles. The van der Waals surface area contributed by atoms with E-state index in [4.69, 9.17) is 8.85 Å². The Bertz CT molecular complexity index is 1350. The van der Waals surface area contributed by atoms with E-state index in [1.54, 1.807) is 0 Å². The molecule has 4 nitrogen and oxygen atoms in total. The van der Waals surface area contributed by atoms with Crippen LogP contribution in [0.3, 0.4) is 0 Å². The lowest BCUT2D eigenvalue weighted by molar-refractivity contribution is 0.437. The summed E-state index contributed by atoms with van der Waals surface area (Å²) in [6, 6.07) is 6.17. The number of allylic oxidation sites excluding steroid dienone is 4. The van der Waals surface area contributed by atoms with E-state index < -0.39 is 16.6 Å². The average Bonchev–Trinajstić information content (AvgIpc) is 2.84. The van der Waals surface area contributed by atoms with Crippen molar-refractivity contribution in [3.05, 3.63) is 68.2 Å². The molecule has 0 fully saturated rings. The third-order valence-corrected chi connectivity index (χ3v) is 18.3. The third-order valence-electron chi connectivity index (χ3n) is 8.82. The number of rotatable bonds is 10. The highest BCUT2D eigenvalue weighted by atomic mass is 79.9. The van der Waals surface area contributed by atoms with Crippen LogP contribution in [-0.4, -0.2) is 26.8 Å². The van der Waals surface area contributed by atoms with Gasteiger partial charge in [0.1, 0.15) is 27.5 Å². The van der Waals surface area contributed by atoms with Gasteiger partial charge in [-0.1, -0.05) is 83.1 Å². The lowest BCUT2D eigenvalue weighted by atomic mass is 9.93. The second-order valence-electron chi connectivity index (χ2n) is 15.1. The Balaban J connectivity index is 2.77. The molecule has 0 saturated heterocycles. The van der Waals surface area contributed by atoms with Crippen LogP contribution >= 0.6 is 15.9 Å². The molecule has 0 aliphatic heterocycles. The summed E-state index contributed by atoms with van der Waals surface area (Å²) in [5.74, 6) is 1.70. The van der Waals surface area contributed by atoms with Crippen LogP contribution in [0.2, 0.25) is 36.3 Å². The average molecular weight is 688 g/mol. The van der Waals surface area contributed by atoms with Crippen LogP contribution in [0.4, 0.5) is 0 Å². The molecule has 0 aliphatic rings. The highest BCUT2D eigenvalue weighted by Gasteiger charge is 2.42. The van der Waals surface area contributed by atoms with E-state index >= 15 is 0 Å². The molecule has 2 rings (SSSR count). The van der Waals surface area contributed by atoms with Gasteiger partial charge < -0.3 is 19.1 Å². The summed E-state index contributed by atoms with van der Waals surface area (Å²) in [4.78, 5) is 0. The zero-order valence-electron chi connectivity index (χ0n) is 29.0. The molecule has 0 bridgehead atoms. The van der Waals surface area contributed by atoms with Gasteiger partial charge in [-0.15, -0.1) is 0 Å². The molecule has 2 aromatic carbocycles. The van der Waals surface area contributed by atoms with Gasteiger partial charge in [0, 0.05) is 11.1 Å². The van der Waals surface area contributed by atoms with Crippen LogP contribution in [0.25, 0.3) is 12.2 Å². The van der Waals surface area contributed by atoms with Gasteiger partial charge in [-0.3, -0.25) is 0 Å². The Kier molecular flexibility index (Phi) is 11.9. The molecule has 0 saturated carbocycles. The van der Waals surface area contributed by atoms with E-state index in [0.717, 1.165) is 44.9 Å². The quantitative estimate of drug-likeness (QED) is 0.148.